The van der Waals surface area contributed by atoms with Crippen LogP contribution in [0.1, 0.15) is 16.1 Å². The lowest BCUT2D eigenvalue weighted by molar-refractivity contribution is -0.384. The molecule has 154 valence electrons. The Morgan fingerprint density at radius 1 is 1.28 bits per heavy atom. The van der Waals surface area contributed by atoms with Crippen molar-refractivity contribution in [3.8, 4) is 0 Å². The van der Waals surface area contributed by atoms with Gasteiger partial charge in [-0.05, 0) is 19.1 Å². The Morgan fingerprint density at radius 2 is 2.00 bits per heavy atom. The predicted octanol–water partition coefficient (Wildman–Crippen LogP) is 2.80. The number of nitrogens with zero attached hydrogens (tertiary/aromatic N) is 2. The molecule has 10 nitrogen and oxygen atoms in total. The van der Waals surface area contributed by atoms with Crippen LogP contribution in [0.4, 0.5) is 17.2 Å². The SMILES string of the molecule is Cc1nc(NC(=O)COC(=O)c2cc([N+](=O)[O-])ccc2NCCO)c(Cl)cc1Cl. The first kappa shape index (κ1) is 22.3. The summed E-state index contributed by atoms with van der Waals surface area (Å²) in [6.45, 7) is 0.832. The average Bonchev–Trinajstić information content (AvgIpc) is 2.68. The molecule has 0 atom stereocenters. The lowest BCUT2D eigenvalue weighted by atomic mass is 10.1. The number of amides is 1. The summed E-state index contributed by atoms with van der Waals surface area (Å²) in [6.07, 6.45) is 0. The quantitative estimate of drug-likeness (QED) is 0.321. The second kappa shape index (κ2) is 10.0. The molecule has 0 spiro atoms. The highest BCUT2D eigenvalue weighted by Crippen LogP contribution is 2.26. The molecule has 1 heterocycles. The number of hydrogen-bond donors (Lipinski definition) is 3. The molecule has 3 N–H and O–H groups in total. The van der Waals surface area contributed by atoms with Gasteiger partial charge in [0.2, 0.25) is 0 Å². The zero-order valence-corrected chi connectivity index (χ0v) is 16.6. The highest BCUT2D eigenvalue weighted by Gasteiger charge is 2.19. The van der Waals surface area contributed by atoms with E-state index in [1.54, 1.807) is 6.92 Å². The predicted molar refractivity (Wildman–Crippen MR) is 107 cm³/mol. The van der Waals surface area contributed by atoms with Gasteiger partial charge in [0.25, 0.3) is 11.6 Å². The number of non-ortho nitro benzene ring substituents is 1. The van der Waals surface area contributed by atoms with Crippen molar-refractivity contribution in [2.75, 3.05) is 30.4 Å². The average molecular weight is 443 g/mol. The van der Waals surface area contributed by atoms with Gasteiger partial charge in [-0.25, -0.2) is 9.78 Å². The van der Waals surface area contributed by atoms with E-state index in [2.05, 4.69) is 15.6 Å². The van der Waals surface area contributed by atoms with Crippen molar-refractivity contribution in [3.63, 3.8) is 0 Å². The molecular formula is C17H16Cl2N4O6. The van der Waals surface area contributed by atoms with Crippen molar-refractivity contribution >= 4 is 52.3 Å². The number of aliphatic hydroxyl groups is 1. The largest absolute Gasteiger partial charge is 0.452 e. The zero-order valence-electron chi connectivity index (χ0n) is 15.1. The molecule has 0 aliphatic heterocycles. The number of benzene rings is 1. The Bertz CT molecular complexity index is 954. The van der Waals surface area contributed by atoms with Gasteiger partial charge in [0.1, 0.15) is 0 Å². The van der Waals surface area contributed by atoms with Crippen molar-refractivity contribution in [2.45, 2.75) is 6.92 Å². The first-order chi connectivity index (χ1) is 13.7. The lowest BCUT2D eigenvalue weighted by Crippen LogP contribution is -2.22. The Kier molecular flexibility index (Phi) is 7.71. The summed E-state index contributed by atoms with van der Waals surface area (Å²) in [6, 6.07) is 4.93. The van der Waals surface area contributed by atoms with Gasteiger partial charge in [-0.15, -0.1) is 0 Å². The number of ether oxygens (including phenoxy) is 1. The molecule has 1 aromatic heterocycles. The summed E-state index contributed by atoms with van der Waals surface area (Å²) in [5, 5.41) is 25.4. The molecule has 1 amide bonds. The Labute approximate surface area is 174 Å². The van der Waals surface area contributed by atoms with Gasteiger partial charge < -0.3 is 20.5 Å². The molecule has 0 aliphatic carbocycles. The smallest absolute Gasteiger partial charge is 0.341 e. The van der Waals surface area contributed by atoms with Gasteiger partial charge in [-0.3, -0.25) is 14.9 Å². The van der Waals surface area contributed by atoms with E-state index >= 15 is 0 Å². The third kappa shape index (κ3) is 6.01. The summed E-state index contributed by atoms with van der Waals surface area (Å²) in [5.41, 5.74) is 0.176. The topological polar surface area (TPSA) is 144 Å². The van der Waals surface area contributed by atoms with Crippen molar-refractivity contribution in [3.05, 3.63) is 55.7 Å². The minimum Gasteiger partial charge on any atom is -0.452 e. The first-order valence-electron chi connectivity index (χ1n) is 8.15. The van der Waals surface area contributed by atoms with Gasteiger partial charge in [-0.1, -0.05) is 23.2 Å². The number of aryl methyl sites for hydroxylation is 1. The number of nitrogens with one attached hydrogen (secondary N) is 2. The first-order valence-corrected chi connectivity index (χ1v) is 8.91. The van der Waals surface area contributed by atoms with Crippen LogP contribution >= 0.6 is 23.2 Å². The summed E-state index contributed by atoms with van der Waals surface area (Å²) in [7, 11) is 0. The molecule has 2 aromatic rings. The second-order valence-electron chi connectivity index (χ2n) is 5.65. The molecule has 0 bridgehead atoms. The number of carbonyl (C=O) groups excluding carboxylic acids is 2. The van der Waals surface area contributed by atoms with E-state index in [-0.39, 0.29) is 40.9 Å². The fraction of sp³-hybridized carbons (Fsp3) is 0.235. The number of aromatic nitrogens is 1. The van der Waals surface area contributed by atoms with Crippen LogP contribution in [0, 0.1) is 17.0 Å². The zero-order chi connectivity index (χ0) is 21.6. The molecule has 12 heteroatoms. The summed E-state index contributed by atoms with van der Waals surface area (Å²) < 4.78 is 4.94. The van der Waals surface area contributed by atoms with Crippen LogP contribution in [0.25, 0.3) is 0 Å². The fourth-order valence-corrected chi connectivity index (χ4v) is 2.59. The molecule has 0 unspecified atom stereocenters. The van der Waals surface area contributed by atoms with E-state index < -0.39 is 23.4 Å². The number of hydrogen-bond acceptors (Lipinski definition) is 8. The van der Waals surface area contributed by atoms with Gasteiger partial charge in [0.05, 0.1) is 32.8 Å². The molecule has 1 aromatic carbocycles. The van der Waals surface area contributed by atoms with Crippen LogP contribution in [0.3, 0.4) is 0 Å². The highest BCUT2D eigenvalue weighted by molar-refractivity contribution is 6.36. The summed E-state index contributed by atoms with van der Waals surface area (Å²) >= 11 is 11.8. The van der Waals surface area contributed by atoms with E-state index in [1.165, 1.54) is 18.2 Å². The molecule has 29 heavy (non-hydrogen) atoms. The van der Waals surface area contributed by atoms with Crippen LogP contribution in [-0.2, 0) is 9.53 Å². The monoisotopic (exact) mass is 442 g/mol. The minimum absolute atomic E-state index is 0.0512. The molecule has 0 saturated heterocycles. The van der Waals surface area contributed by atoms with Gasteiger partial charge in [-0.2, -0.15) is 0 Å². The molecule has 0 radical (unpaired) electrons. The number of nitro groups is 1. The van der Waals surface area contributed by atoms with Crippen LogP contribution in [0.15, 0.2) is 24.3 Å². The van der Waals surface area contributed by atoms with Crippen molar-refractivity contribution in [1.29, 1.82) is 0 Å². The number of pyridine rings is 1. The third-order valence-corrected chi connectivity index (χ3v) is 4.23. The fourth-order valence-electron chi connectivity index (χ4n) is 2.18. The van der Waals surface area contributed by atoms with E-state index in [1.807, 2.05) is 0 Å². The molecule has 0 aliphatic rings. The van der Waals surface area contributed by atoms with Crippen molar-refractivity contribution in [2.24, 2.45) is 0 Å². The molecular weight excluding hydrogens is 427 g/mol. The molecule has 2 rings (SSSR count). The van der Waals surface area contributed by atoms with Crippen LogP contribution in [0.5, 0.6) is 0 Å². The van der Waals surface area contributed by atoms with Gasteiger partial charge in [0, 0.05) is 24.4 Å². The van der Waals surface area contributed by atoms with Gasteiger partial charge >= 0.3 is 5.97 Å². The van der Waals surface area contributed by atoms with E-state index in [0.29, 0.717) is 10.7 Å². The van der Waals surface area contributed by atoms with Crippen LogP contribution in [0.2, 0.25) is 10.0 Å². The maximum atomic E-state index is 12.3. The van der Waals surface area contributed by atoms with E-state index in [4.69, 9.17) is 33.0 Å². The number of esters is 1. The maximum Gasteiger partial charge on any atom is 0.341 e. The van der Waals surface area contributed by atoms with E-state index in [9.17, 15) is 19.7 Å². The van der Waals surface area contributed by atoms with Crippen molar-refractivity contribution < 1.29 is 24.4 Å². The number of carbonyl (C=O) groups is 2. The minimum atomic E-state index is -0.962. The number of nitro benzene ring substituents is 1. The molecule has 0 saturated carbocycles. The van der Waals surface area contributed by atoms with Crippen LogP contribution < -0.4 is 10.6 Å². The van der Waals surface area contributed by atoms with Crippen molar-refractivity contribution in [1.82, 2.24) is 4.98 Å². The standard InChI is InChI=1S/C17H16Cl2N4O6/c1-9-12(18)7-13(19)16(21-9)22-15(25)8-29-17(26)11-6-10(23(27)28)2-3-14(11)20-4-5-24/h2-3,6-7,20,24H,4-5,8H2,1H3,(H,21,22,25). The second-order valence-corrected chi connectivity index (χ2v) is 6.46. The summed E-state index contributed by atoms with van der Waals surface area (Å²) in [5.74, 6) is -1.63. The number of rotatable bonds is 8. The Hall–Kier alpha value is -2.95. The maximum absolute atomic E-state index is 12.3. The highest BCUT2D eigenvalue weighted by atomic mass is 35.5. The van der Waals surface area contributed by atoms with Crippen LogP contribution in [-0.4, -0.2) is 46.6 Å². The van der Waals surface area contributed by atoms with E-state index in [0.717, 1.165) is 6.07 Å². The third-order valence-electron chi connectivity index (χ3n) is 3.56. The number of aliphatic hydroxyl groups excluding tert-OH is 1. The summed E-state index contributed by atoms with van der Waals surface area (Å²) in [4.78, 5) is 38.7. The van der Waals surface area contributed by atoms with Gasteiger partial charge in [0.15, 0.2) is 12.4 Å². The number of halogens is 2. The number of anilines is 2. The lowest BCUT2D eigenvalue weighted by Gasteiger charge is -2.12. The normalized spacial score (nSPS) is 10.3. The Balaban J connectivity index is 2.09. The Morgan fingerprint density at radius 3 is 2.66 bits per heavy atom. The molecule has 0 fully saturated rings.